The molecule has 1 unspecified atom stereocenters. The number of carbonyl (C=O) groups is 1. The van der Waals surface area contributed by atoms with Crippen molar-refractivity contribution in [2.75, 3.05) is 5.75 Å². The van der Waals surface area contributed by atoms with E-state index >= 15 is 0 Å². The zero-order chi connectivity index (χ0) is 17.6. The summed E-state index contributed by atoms with van der Waals surface area (Å²) in [6.07, 6.45) is 6.00. The van der Waals surface area contributed by atoms with Crippen LogP contribution in [0.2, 0.25) is 0 Å². The molecule has 5 nitrogen and oxygen atoms in total. The van der Waals surface area contributed by atoms with Crippen LogP contribution in [0.5, 0.6) is 0 Å². The van der Waals surface area contributed by atoms with Crippen molar-refractivity contribution in [2.24, 2.45) is 0 Å². The second kappa shape index (κ2) is 8.07. The van der Waals surface area contributed by atoms with Crippen molar-refractivity contribution in [2.45, 2.75) is 31.5 Å². The van der Waals surface area contributed by atoms with Gasteiger partial charge in [0.15, 0.2) is 5.16 Å². The van der Waals surface area contributed by atoms with Gasteiger partial charge in [-0.05, 0) is 37.6 Å². The summed E-state index contributed by atoms with van der Waals surface area (Å²) in [6.45, 7) is 4.03. The van der Waals surface area contributed by atoms with Crippen molar-refractivity contribution in [3.05, 3.63) is 66.4 Å². The number of aryl methyl sites for hydroxylation is 1. The molecule has 0 aliphatic carbocycles. The average Bonchev–Trinajstić information content (AvgIpc) is 3.25. The van der Waals surface area contributed by atoms with Gasteiger partial charge in [0.2, 0.25) is 5.91 Å². The van der Waals surface area contributed by atoms with Crippen LogP contribution < -0.4 is 5.32 Å². The highest BCUT2D eigenvalue weighted by atomic mass is 32.2. The Morgan fingerprint density at radius 2 is 2.16 bits per heavy atom. The van der Waals surface area contributed by atoms with Crippen LogP contribution in [0.25, 0.3) is 5.69 Å². The average molecular weight is 355 g/mol. The number of imidazole rings is 1. The quantitative estimate of drug-likeness (QED) is 0.658. The molecule has 0 radical (unpaired) electrons. The van der Waals surface area contributed by atoms with Crippen molar-refractivity contribution < 1.29 is 9.21 Å². The SMILES string of the molecule is Cc1ccccc1-n1ccnc1SCC(=O)NC(C)Cc1ccco1. The van der Waals surface area contributed by atoms with E-state index in [1.165, 1.54) is 17.3 Å². The number of carbonyl (C=O) groups excluding carboxylic acids is 1. The molecule has 0 spiro atoms. The Hall–Kier alpha value is -2.47. The molecule has 2 heterocycles. The molecule has 0 aliphatic heterocycles. The number of nitrogens with zero attached hydrogens (tertiary/aromatic N) is 2. The summed E-state index contributed by atoms with van der Waals surface area (Å²) in [4.78, 5) is 16.6. The Balaban J connectivity index is 1.56. The van der Waals surface area contributed by atoms with E-state index in [2.05, 4.69) is 23.3 Å². The molecule has 1 atom stereocenters. The topological polar surface area (TPSA) is 60.1 Å². The smallest absolute Gasteiger partial charge is 0.230 e. The summed E-state index contributed by atoms with van der Waals surface area (Å²) in [5.41, 5.74) is 2.24. The summed E-state index contributed by atoms with van der Waals surface area (Å²) >= 11 is 1.43. The molecule has 1 aromatic carbocycles. The summed E-state index contributed by atoms with van der Waals surface area (Å²) < 4.78 is 7.32. The van der Waals surface area contributed by atoms with E-state index < -0.39 is 0 Å². The van der Waals surface area contributed by atoms with Crippen molar-refractivity contribution in [1.29, 1.82) is 0 Å². The third kappa shape index (κ3) is 4.54. The number of hydrogen-bond acceptors (Lipinski definition) is 4. The number of rotatable bonds is 7. The lowest BCUT2D eigenvalue weighted by Gasteiger charge is -2.13. The summed E-state index contributed by atoms with van der Waals surface area (Å²) in [6, 6.07) is 11.9. The van der Waals surface area contributed by atoms with Crippen LogP contribution in [0.4, 0.5) is 0 Å². The Morgan fingerprint density at radius 1 is 1.32 bits per heavy atom. The number of aromatic nitrogens is 2. The summed E-state index contributed by atoms with van der Waals surface area (Å²) in [5, 5.41) is 3.80. The summed E-state index contributed by atoms with van der Waals surface area (Å²) in [5.74, 6) is 1.18. The first-order valence-electron chi connectivity index (χ1n) is 8.17. The minimum atomic E-state index is -0.0108. The number of thioether (sulfide) groups is 1. The number of benzene rings is 1. The molecule has 0 aliphatic rings. The van der Waals surface area contributed by atoms with E-state index in [0.717, 1.165) is 16.6 Å². The minimum Gasteiger partial charge on any atom is -0.469 e. The lowest BCUT2D eigenvalue weighted by atomic mass is 10.2. The van der Waals surface area contributed by atoms with Crippen LogP contribution in [-0.2, 0) is 11.2 Å². The van der Waals surface area contributed by atoms with Crippen LogP contribution in [0.3, 0.4) is 0 Å². The van der Waals surface area contributed by atoms with E-state index in [4.69, 9.17) is 4.42 Å². The highest BCUT2D eigenvalue weighted by Crippen LogP contribution is 2.22. The van der Waals surface area contributed by atoms with Gasteiger partial charge < -0.3 is 9.73 Å². The van der Waals surface area contributed by atoms with Gasteiger partial charge in [-0.1, -0.05) is 30.0 Å². The van der Waals surface area contributed by atoms with Crippen LogP contribution in [0, 0.1) is 6.92 Å². The Labute approximate surface area is 151 Å². The number of hydrogen-bond donors (Lipinski definition) is 1. The second-order valence-electron chi connectivity index (χ2n) is 5.91. The number of nitrogens with one attached hydrogen (secondary N) is 1. The van der Waals surface area contributed by atoms with Crippen molar-refractivity contribution in [3.63, 3.8) is 0 Å². The molecule has 0 saturated heterocycles. The molecule has 1 amide bonds. The van der Waals surface area contributed by atoms with Gasteiger partial charge in [0, 0.05) is 24.9 Å². The molecular weight excluding hydrogens is 334 g/mol. The van der Waals surface area contributed by atoms with Crippen molar-refractivity contribution in [1.82, 2.24) is 14.9 Å². The van der Waals surface area contributed by atoms with E-state index in [9.17, 15) is 4.79 Å². The first-order valence-corrected chi connectivity index (χ1v) is 9.16. The molecule has 25 heavy (non-hydrogen) atoms. The first-order chi connectivity index (χ1) is 12.1. The lowest BCUT2D eigenvalue weighted by Crippen LogP contribution is -2.35. The molecule has 6 heteroatoms. The minimum absolute atomic E-state index is 0.0108. The normalized spacial score (nSPS) is 12.1. The van der Waals surface area contributed by atoms with E-state index in [0.29, 0.717) is 12.2 Å². The first kappa shape index (κ1) is 17.4. The maximum absolute atomic E-state index is 12.2. The molecule has 3 aromatic rings. The highest BCUT2D eigenvalue weighted by molar-refractivity contribution is 7.99. The van der Waals surface area contributed by atoms with Gasteiger partial charge >= 0.3 is 0 Å². The summed E-state index contributed by atoms with van der Waals surface area (Å²) in [7, 11) is 0. The third-order valence-electron chi connectivity index (χ3n) is 3.81. The van der Waals surface area contributed by atoms with E-state index in [1.807, 2.05) is 48.0 Å². The number of furan rings is 1. The van der Waals surface area contributed by atoms with Gasteiger partial charge in [-0.15, -0.1) is 0 Å². The predicted molar refractivity (Wildman–Crippen MR) is 99.0 cm³/mol. The Morgan fingerprint density at radius 3 is 2.92 bits per heavy atom. The molecule has 1 N–H and O–H groups in total. The fourth-order valence-electron chi connectivity index (χ4n) is 2.64. The largest absolute Gasteiger partial charge is 0.469 e. The maximum atomic E-state index is 12.2. The van der Waals surface area contributed by atoms with Crippen molar-refractivity contribution >= 4 is 17.7 Å². The van der Waals surface area contributed by atoms with Crippen LogP contribution in [0.1, 0.15) is 18.2 Å². The Kier molecular flexibility index (Phi) is 5.60. The van der Waals surface area contributed by atoms with Crippen LogP contribution in [-0.4, -0.2) is 27.3 Å². The van der Waals surface area contributed by atoms with Crippen molar-refractivity contribution in [3.8, 4) is 5.69 Å². The van der Waals surface area contributed by atoms with E-state index in [-0.39, 0.29) is 11.9 Å². The van der Waals surface area contributed by atoms with Crippen LogP contribution in [0.15, 0.2) is 64.6 Å². The number of para-hydroxylation sites is 1. The molecule has 0 fully saturated rings. The lowest BCUT2D eigenvalue weighted by molar-refractivity contribution is -0.119. The van der Waals surface area contributed by atoms with Gasteiger partial charge in [-0.2, -0.15) is 0 Å². The third-order valence-corrected chi connectivity index (χ3v) is 4.78. The molecule has 2 aromatic heterocycles. The zero-order valence-electron chi connectivity index (χ0n) is 14.3. The van der Waals surface area contributed by atoms with Gasteiger partial charge in [-0.3, -0.25) is 9.36 Å². The molecule has 0 saturated carbocycles. The fourth-order valence-corrected chi connectivity index (χ4v) is 3.42. The monoisotopic (exact) mass is 355 g/mol. The molecule has 3 rings (SSSR count). The van der Waals surface area contributed by atoms with Crippen LogP contribution >= 0.6 is 11.8 Å². The predicted octanol–water partition coefficient (Wildman–Crippen LogP) is 3.61. The maximum Gasteiger partial charge on any atom is 0.230 e. The molecule has 130 valence electrons. The van der Waals surface area contributed by atoms with Gasteiger partial charge in [0.25, 0.3) is 0 Å². The Bertz CT molecular complexity index is 827. The van der Waals surface area contributed by atoms with Gasteiger partial charge in [0.1, 0.15) is 5.76 Å². The number of amides is 1. The zero-order valence-corrected chi connectivity index (χ0v) is 15.1. The van der Waals surface area contributed by atoms with E-state index in [1.54, 1.807) is 12.5 Å². The second-order valence-corrected chi connectivity index (χ2v) is 6.85. The van der Waals surface area contributed by atoms with Gasteiger partial charge in [0.05, 0.1) is 17.7 Å². The highest BCUT2D eigenvalue weighted by Gasteiger charge is 2.13. The standard InChI is InChI=1S/C19H21N3O2S/c1-14-6-3-4-8-17(14)22-10-9-20-19(22)25-13-18(23)21-15(2)12-16-7-5-11-24-16/h3-11,15H,12-13H2,1-2H3,(H,21,23). The molecule has 0 bridgehead atoms. The van der Waals surface area contributed by atoms with Gasteiger partial charge in [-0.25, -0.2) is 4.98 Å². The fraction of sp³-hybridized carbons (Fsp3) is 0.263. The molecular formula is C19H21N3O2S.